The van der Waals surface area contributed by atoms with Crippen molar-refractivity contribution in [1.29, 1.82) is 0 Å². The van der Waals surface area contributed by atoms with E-state index in [2.05, 4.69) is 9.88 Å². The third kappa shape index (κ3) is 4.34. The minimum atomic E-state index is -3.86. The van der Waals surface area contributed by atoms with Crippen molar-refractivity contribution in [1.82, 2.24) is 4.98 Å². The van der Waals surface area contributed by atoms with Crippen molar-refractivity contribution < 1.29 is 12.8 Å². The van der Waals surface area contributed by atoms with Gasteiger partial charge in [-0.1, -0.05) is 54.1 Å². The summed E-state index contributed by atoms with van der Waals surface area (Å²) in [6, 6.07) is 25.4. The zero-order valence-electron chi connectivity index (χ0n) is 17.8. The molecule has 5 rings (SSSR count). The van der Waals surface area contributed by atoms with Crippen LogP contribution in [0.15, 0.2) is 99.3 Å². The first-order valence-electron chi connectivity index (χ1n) is 10.6. The summed E-state index contributed by atoms with van der Waals surface area (Å²) in [5.41, 5.74) is 1.77. The van der Waals surface area contributed by atoms with E-state index >= 15 is 0 Å². The number of sulfone groups is 1. The SMILES string of the molecule is O=S(=O)(c1ccccc1)c1nc(-c2ccccc2)oc1N1CCN(c2cccc(Cl)c2)CC1. The van der Waals surface area contributed by atoms with E-state index < -0.39 is 9.84 Å². The van der Waals surface area contributed by atoms with Crippen LogP contribution in [-0.2, 0) is 9.84 Å². The minimum absolute atomic E-state index is 0.0521. The molecule has 1 aliphatic heterocycles. The Balaban J connectivity index is 1.50. The number of anilines is 2. The molecule has 1 aliphatic rings. The number of hydrogen-bond donors (Lipinski definition) is 0. The summed E-state index contributed by atoms with van der Waals surface area (Å²) >= 11 is 6.15. The van der Waals surface area contributed by atoms with E-state index in [0.717, 1.165) is 11.3 Å². The monoisotopic (exact) mass is 479 g/mol. The number of halogens is 1. The molecule has 8 heteroatoms. The maximum Gasteiger partial charge on any atom is 0.236 e. The van der Waals surface area contributed by atoms with Crippen molar-refractivity contribution >= 4 is 33.0 Å². The van der Waals surface area contributed by atoms with Gasteiger partial charge in [0.1, 0.15) is 0 Å². The van der Waals surface area contributed by atoms with Crippen molar-refractivity contribution in [3.8, 4) is 11.5 Å². The van der Waals surface area contributed by atoms with Gasteiger partial charge < -0.3 is 14.2 Å². The fourth-order valence-corrected chi connectivity index (χ4v) is 5.46. The van der Waals surface area contributed by atoms with Gasteiger partial charge in [-0.25, -0.2) is 8.42 Å². The van der Waals surface area contributed by atoms with Crippen LogP contribution in [0.2, 0.25) is 5.02 Å². The first-order chi connectivity index (χ1) is 16.0. The zero-order valence-corrected chi connectivity index (χ0v) is 19.3. The van der Waals surface area contributed by atoms with E-state index in [1.807, 2.05) is 59.5 Å². The van der Waals surface area contributed by atoms with E-state index in [9.17, 15) is 8.42 Å². The van der Waals surface area contributed by atoms with Gasteiger partial charge in [-0.05, 0) is 42.5 Å². The summed E-state index contributed by atoms with van der Waals surface area (Å²) in [4.78, 5) is 8.84. The van der Waals surface area contributed by atoms with Crippen molar-refractivity contribution in [2.24, 2.45) is 0 Å². The maximum absolute atomic E-state index is 13.5. The highest BCUT2D eigenvalue weighted by molar-refractivity contribution is 7.91. The van der Waals surface area contributed by atoms with Gasteiger partial charge in [-0.3, -0.25) is 0 Å². The Morgan fingerprint density at radius 1 is 0.788 bits per heavy atom. The summed E-state index contributed by atoms with van der Waals surface area (Å²) in [6.45, 7) is 2.58. The van der Waals surface area contributed by atoms with Crippen LogP contribution in [0.25, 0.3) is 11.5 Å². The van der Waals surface area contributed by atoms with Gasteiger partial charge in [-0.15, -0.1) is 0 Å². The van der Waals surface area contributed by atoms with Crippen LogP contribution in [0.3, 0.4) is 0 Å². The van der Waals surface area contributed by atoms with Crippen molar-refractivity contribution in [2.45, 2.75) is 9.92 Å². The number of piperazine rings is 1. The zero-order chi connectivity index (χ0) is 22.8. The summed E-state index contributed by atoms with van der Waals surface area (Å²) in [7, 11) is -3.86. The highest BCUT2D eigenvalue weighted by Gasteiger charge is 2.32. The first-order valence-corrected chi connectivity index (χ1v) is 12.5. The van der Waals surface area contributed by atoms with Crippen LogP contribution in [0, 0.1) is 0 Å². The molecule has 0 saturated carbocycles. The van der Waals surface area contributed by atoms with Crippen molar-refractivity contribution in [3.63, 3.8) is 0 Å². The number of aromatic nitrogens is 1. The van der Waals surface area contributed by atoms with Gasteiger partial charge in [0.25, 0.3) is 0 Å². The molecule has 0 bridgehead atoms. The molecular formula is C25H22ClN3O3S. The molecule has 0 atom stereocenters. The molecule has 2 heterocycles. The Kier molecular flexibility index (Phi) is 5.83. The van der Waals surface area contributed by atoms with E-state index in [0.29, 0.717) is 31.2 Å². The summed E-state index contributed by atoms with van der Waals surface area (Å²) in [5.74, 6) is 0.570. The molecule has 0 amide bonds. The Morgan fingerprint density at radius 3 is 2.09 bits per heavy atom. The average molecular weight is 480 g/mol. The van der Waals surface area contributed by atoms with Crippen LogP contribution in [0.1, 0.15) is 0 Å². The lowest BCUT2D eigenvalue weighted by Crippen LogP contribution is -2.46. The lowest BCUT2D eigenvalue weighted by atomic mass is 10.2. The second kappa shape index (κ2) is 8.92. The second-order valence-electron chi connectivity index (χ2n) is 7.77. The molecule has 0 spiro atoms. The molecule has 168 valence electrons. The molecule has 0 aliphatic carbocycles. The number of oxazole rings is 1. The van der Waals surface area contributed by atoms with Crippen LogP contribution < -0.4 is 9.80 Å². The Hall–Kier alpha value is -3.29. The van der Waals surface area contributed by atoms with Crippen LogP contribution in [-0.4, -0.2) is 39.6 Å². The molecule has 0 radical (unpaired) electrons. The molecule has 6 nitrogen and oxygen atoms in total. The standard InChI is InChI=1S/C25H22ClN3O3S/c26-20-10-7-11-21(18-20)28-14-16-29(17-15-28)25-24(33(30,31)22-12-5-2-6-13-22)27-23(32-25)19-8-3-1-4-9-19/h1-13,18H,14-17H2. The fraction of sp³-hybridized carbons (Fsp3) is 0.160. The third-order valence-electron chi connectivity index (χ3n) is 5.65. The van der Waals surface area contributed by atoms with Gasteiger partial charge in [0.05, 0.1) is 4.90 Å². The minimum Gasteiger partial charge on any atom is -0.419 e. The fourth-order valence-electron chi connectivity index (χ4n) is 3.93. The van der Waals surface area contributed by atoms with E-state index in [1.165, 1.54) is 0 Å². The van der Waals surface area contributed by atoms with Crippen molar-refractivity contribution in [2.75, 3.05) is 36.0 Å². The molecule has 33 heavy (non-hydrogen) atoms. The predicted molar refractivity (Wildman–Crippen MR) is 130 cm³/mol. The summed E-state index contributed by atoms with van der Waals surface area (Å²) < 4.78 is 33.1. The predicted octanol–water partition coefficient (Wildman–Crippen LogP) is 5.15. The Morgan fingerprint density at radius 2 is 1.42 bits per heavy atom. The van der Waals surface area contributed by atoms with Crippen LogP contribution in [0.4, 0.5) is 11.6 Å². The summed E-state index contributed by atoms with van der Waals surface area (Å²) in [5, 5.41) is 0.637. The quantitative estimate of drug-likeness (QED) is 0.394. The highest BCUT2D eigenvalue weighted by atomic mass is 35.5. The second-order valence-corrected chi connectivity index (χ2v) is 10.1. The molecule has 3 aromatic carbocycles. The smallest absolute Gasteiger partial charge is 0.236 e. The Labute approximate surface area is 198 Å². The lowest BCUT2D eigenvalue weighted by molar-refractivity contribution is 0.525. The van der Waals surface area contributed by atoms with E-state index in [1.54, 1.807) is 30.3 Å². The topological polar surface area (TPSA) is 66.7 Å². The maximum atomic E-state index is 13.5. The number of benzene rings is 3. The molecule has 0 unspecified atom stereocenters. The average Bonchev–Trinajstić information content (AvgIpc) is 3.32. The molecule has 1 fully saturated rings. The molecule has 4 aromatic rings. The third-order valence-corrected chi connectivity index (χ3v) is 7.55. The number of nitrogens with zero attached hydrogens (tertiary/aromatic N) is 3. The first kappa shape index (κ1) is 21.6. The van der Waals surface area contributed by atoms with Gasteiger partial charge in [0.2, 0.25) is 26.6 Å². The van der Waals surface area contributed by atoms with Crippen molar-refractivity contribution in [3.05, 3.63) is 90.0 Å². The number of hydrogen-bond acceptors (Lipinski definition) is 6. The van der Waals surface area contributed by atoms with E-state index in [4.69, 9.17) is 16.0 Å². The van der Waals surface area contributed by atoms with Crippen LogP contribution >= 0.6 is 11.6 Å². The molecule has 0 N–H and O–H groups in total. The highest BCUT2D eigenvalue weighted by Crippen LogP contribution is 2.35. The van der Waals surface area contributed by atoms with Gasteiger partial charge >= 0.3 is 0 Å². The molecule has 1 aromatic heterocycles. The van der Waals surface area contributed by atoms with E-state index in [-0.39, 0.29) is 21.7 Å². The molecule has 1 saturated heterocycles. The largest absolute Gasteiger partial charge is 0.419 e. The molecular weight excluding hydrogens is 458 g/mol. The normalized spacial score (nSPS) is 14.5. The summed E-state index contributed by atoms with van der Waals surface area (Å²) in [6.07, 6.45) is 0. The van der Waals surface area contributed by atoms with Crippen LogP contribution in [0.5, 0.6) is 0 Å². The van der Waals surface area contributed by atoms with Gasteiger partial charge in [0.15, 0.2) is 0 Å². The van der Waals surface area contributed by atoms with Gasteiger partial charge in [-0.2, -0.15) is 4.98 Å². The van der Waals surface area contributed by atoms with Gasteiger partial charge in [0, 0.05) is 42.5 Å². The number of rotatable bonds is 5. The Bertz CT molecular complexity index is 1350. The lowest BCUT2D eigenvalue weighted by Gasteiger charge is -2.36.